The third-order valence-corrected chi connectivity index (χ3v) is 6.61. The molecule has 2 heterocycles. The predicted octanol–water partition coefficient (Wildman–Crippen LogP) is 3.92. The molecule has 28 heavy (non-hydrogen) atoms. The Labute approximate surface area is 168 Å². The van der Waals surface area contributed by atoms with Crippen LogP contribution in [-0.4, -0.2) is 21.5 Å². The molecule has 0 spiro atoms. The number of hydrogen-bond acceptors (Lipinski definition) is 4. The van der Waals surface area contributed by atoms with Crippen LogP contribution in [0.3, 0.4) is 0 Å². The summed E-state index contributed by atoms with van der Waals surface area (Å²) in [5, 5.41) is 3.68. The smallest absolute Gasteiger partial charge is 0.263 e. The molecule has 1 aliphatic carbocycles. The summed E-state index contributed by atoms with van der Waals surface area (Å²) in [5.74, 6) is 0.412. The van der Waals surface area contributed by atoms with Crippen LogP contribution < -0.4 is 10.9 Å². The van der Waals surface area contributed by atoms with Gasteiger partial charge in [-0.2, -0.15) is 0 Å². The maximum Gasteiger partial charge on any atom is 0.263 e. The largest absolute Gasteiger partial charge is 0.352 e. The Morgan fingerprint density at radius 1 is 1.25 bits per heavy atom. The van der Waals surface area contributed by atoms with Gasteiger partial charge >= 0.3 is 0 Å². The molecule has 4 rings (SSSR count). The maximum atomic E-state index is 13.5. The van der Waals surface area contributed by atoms with Crippen molar-refractivity contribution in [3.8, 4) is 11.4 Å². The molecule has 1 aliphatic rings. The molecule has 1 N–H and O–H groups in total. The number of nitrogens with zero attached hydrogens (tertiary/aromatic N) is 2. The normalized spacial score (nSPS) is 14.6. The molecule has 5 nitrogen and oxygen atoms in total. The fourth-order valence-electron chi connectivity index (χ4n) is 3.76. The lowest BCUT2D eigenvalue weighted by Gasteiger charge is -2.16. The first-order valence-electron chi connectivity index (χ1n) is 9.98. The quantitative estimate of drug-likeness (QED) is 0.712. The van der Waals surface area contributed by atoms with Gasteiger partial charge < -0.3 is 5.32 Å². The Balaban J connectivity index is 1.88. The molecular weight excluding hydrogens is 370 g/mol. The van der Waals surface area contributed by atoms with E-state index in [1.165, 1.54) is 4.88 Å². The number of rotatable bonds is 5. The van der Waals surface area contributed by atoms with Crippen molar-refractivity contribution in [3.63, 3.8) is 0 Å². The molecule has 2 aromatic heterocycles. The zero-order chi connectivity index (χ0) is 19.7. The topological polar surface area (TPSA) is 64.0 Å². The molecule has 0 fully saturated rings. The van der Waals surface area contributed by atoms with E-state index in [0.29, 0.717) is 5.82 Å². The van der Waals surface area contributed by atoms with E-state index in [0.717, 1.165) is 53.4 Å². The van der Waals surface area contributed by atoms with Crippen molar-refractivity contribution in [3.05, 3.63) is 51.1 Å². The highest BCUT2D eigenvalue weighted by Gasteiger charge is 2.23. The average Bonchev–Trinajstić information content (AvgIpc) is 3.09. The molecule has 1 amide bonds. The minimum Gasteiger partial charge on any atom is -0.352 e. The number of aryl methyl sites for hydroxylation is 2. The third kappa shape index (κ3) is 3.49. The van der Waals surface area contributed by atoms with Crippen LogP contribution in [0.5, 0.6) is 0 Å². The second-order valence-corrected chi connectivity index (χ2v) is 8.54. The van der Waals surface area contributed by atoms with Crippen LogP contribution in [0.15, 0.2) is 35.1 Å². The number of amides is 1. The molecule has 3 aromatic rings. The second kappa shape index (κ2) is 7.87. The third-order valence-electron chi connectivity index (χ3n) is 5.43. The summed E-state index contributed by atoms with van der Waals surface area (Å²) in [6.45, 7) is 3.98. The highest BCUT2D eigenvalue weighted by molar-refractivity contribution is 7.18. The number of aromatic nitrogens is 2. The van der Waals surface area contributed by atoms with E-state index >= 15 is 0 Å². The van der Waals surface area contributed by atoms with E-state index in [1.807, 2.05) is 44.2 Å². The van der Waals surface area contributed by atoms with Gasteiger partial charge in [-0.1, -0.05) is 37.3 Å². The van der Waals surface area contributed by atoms with E-state index in [4.69, 9.17) is 4.98 Å². The van der Waals surface area contributed by atoms with E-state index in [1.54, 1.807) is 15.9 Å². The number of carbonyl (C=O) groups is 1. The number of nitrogens with one attached hydrogen (secondary N) is 1. The van der Waals surface area contributed by atoms with Gasteiger partial charge in [0.15, 0.2) is 0 Å². The predicted molar refractivity (Wildman–Crippen MR) is 114 cm³/mol. The molecule has 1 atom stereocenters. The zero-order valence-corrected chi connectivity index (χ0v) is 17.1. The molecule has 1 unspecified atom stereocenters. The first-order valence-corrected chi connectivity index (χ1v) is 10.8. The van der Waals surface area contributed by atoms with Crippen LogP contribution >= 0.6 is 11.3 Å². The van der Waals surface area contributed by atoms with Gasteiger partial charge in [0.1, 0.15) is 17.2 Å². The molecule has 6 heteroatoms. The molecule has 0 aliphatic heterocycles. The molecule has 0 radical (unpaired) electrons. The van der Waals surface area contributed by atoms with Crippen LogP contribution in [0.1, 0.15) is 43.6 Å². The van der Waals surface area contributed by atoms with Crippen molar-refractivity contribution in [1.82, 2.24) is 14.9 Å². The van der Waals surface area contributed by atoms with Crippen molar-refractivity contribution < 1.29 is 4.79 Å². The number of fused-ring (bicyclic) bond motifs is 3. The van der Waals surface area contributed by atoms with Crippen LogP contribution in [-0.2, 0) is 24.2 Å². The van der Waals surface area contributed by atoms with Crippen LogP contribution in [0.2, 0.25) is 0 Å². The molecule has 0 saturated heterocycles. The summed E-state index contributed by atoms with van der Waals surface area (Å²) in [4.78, 5) is 33.0. The van der Waals surface area contributed by atoms with E-state index in [-0.39, 0.29) is 24.1 Å². The summed E-state index contributed by atoms with van der Waals surface area (Å²) in [5.41, 5.74) is 1.91. The molecule has 1 aromatic carbocycles. The summed E-state index contributed by atoms with van der Waals surface area (Å²) in [7, 11) is 0. The van der Waals surface area contributed by atoms with Crippen LogP contribution in [0.4, 0.5) is 0 Å². The van der Waals surface area contributed by atoms with Gasteiger partial charge in [-0.15, -0.1) is 11.3 Å². The highest BCUT2D eigenvalue weighted by Crippen LogP contribution is 2.34. The lowest BCUT2D eigenvalue weighted by Crippen LogP contribution is -2.38. The number of carbonyl (C=O) groups excluding carboxylic acids is 1. The molecule has 0 saturated carbocycles. The number of hydrogen-bond donors (Lipinski definition) is 1. The first-order chi connectivity index (χ1) is 13.6. The fourth-order valence-corrected chi connectivity index (χ4v) is 5.01. The summed E-state index contributed by atoms with van der Waals surface area (Å²) in [6.07, 6.45) is 5.06. The van der Waals surface area contributed by atoms with Gasteiger partial charge in [0.05, 0.1) is 5.39 Å². The van der Waals surface area contributed by atoms with Gasteiger partial charge in [-0.05, 0) is 44.6 Å². The number of thiophene rings is 1. The lowest BCUT2D eigenvalue weighted by molar-refractivity contribution is -0.122. The van der Waals surface area contributed by atoms with Crippen molar-refractivity contribution in [2.24, 2.45) is 0 Å². The Morgan fingerprint density at radius 3 is 2.75 bits per heavy atom. The van der Waals surface area contributed by atoms with Gasteiger partial charge in [0.2, 0.25) is 5.91 Å². The summed E-state index contributed by atoms with van der Waals surface area (Å²) in [6, 6.07) is 9.73. The van der Waals surface area contributed by atoms with Gasteiger partial charge in [-0.3, -0.25) is 14.2 Å². The minimum atomic E-state index is -0.154. The van der Waals surface area contributed by atoms with E-state index in [2.05, 4.69) is 5.32 Å². The average molecular weight is 396 g/mol. The lowest BCUT2D eigenvalue weighted by atomic mass is 9.97. The van der Waals surface area contributed by atoms with Gasteiger partial charge in [0, 0.05) is 16.5 Å². The molecular formula is C22H25N3O2S. The van der Waals surface area contributed by atoms with Gasteiger partial charge in [-0.25, -0.2) is 4.98 Å². The Hall–Kier alpha value is -2.47. The minimum absolute atomic E-state index is 0.0129. The standard InChI is InChI=1S/C22H25N3O2S/c1-3-14(2)23-18(26)13-25-20(15-9-5-4-6-10-15)24-21-19(22(25)27)16-11-7-8-12-17(16)28-21/h4-6,9-10,14H,3,7-8,11-13H2,1-2H3,(H,23,26). The zero-order valence-electron chi connectivity index (χ0n) is 16.3. The summed E-state index contributed by atoms with van der Waals surface area (Å²) >= 11 is 1.64. The Kier molecular flexibility index (Phi) is 5.31. The van der Waals surface area contributed by atoms with Crippen molar-refractivity contribution in [2.75, 3.05) is 0 Å². The van der Waals surface area contributed by atoms with E-state index < -0.39 is 0 Å². The SMILES string of the molecule is CCC(C)NC(=O)Cn1c(-c2ccccc2)nc2sc3c(c2c1=O)CCCC3. The van der Waals surface area contributed by atoms with Crippen molar-refractivity contribution in [1.29, 1.82) is 0 Å². The maximum absolute atomic E-state index is 13.5. The van der Waals surface area contributed by atoms with Crippen LogP contribution in [0, 0.1) is 0 Å². The molecule has 0 bridgehead atoms. The van der Waals surface area contributed by atoms with Crippen LogP contribution in [0.25, 0.3) is 21.6 Å². The summed E-state index contributed by atoms with van der Waals surface area (Å²) < 4.78 is 1.55. The fraction of sp³-hybridized carbons (Fsp3) is 0.409. The molecule has 146 valence electrons. The van der Waals surface area contributed by atoms with Gasteiger partial charge in [0.25, 0.3) is 5.56 Å². The second-order valence-electron chi connectivity index (χ2n) is 7.46. The first kappa shape index (κ1) is 18.9. The van der Waals surface area contributed by atoms with E-state index in [9.17, 15) is 9.59 Å². The highest BCUT2D eigenvalue weighted by atomic mass is 32.1. The monoisotopic (exact) mass is 395 g/mol. The van der Waals surface area contributed by atoms with Crippen molar-refractivity contribution in [2.45, 2.75) is 58.5 Å². The Morgan fingerprint density at radius 2 is 2.00 bits per heavy atom. The number of benzene rings is 1. The van der Waals surface area contributed by atoms with Crippen molar-refractivity contribution >= 4 is 27.5 Å². The Bertz CT molecular complexity index is 1070.